The average Bonchev–Trinajstić information content (AvgIpc) is 3.54. The van der Waals surface area contributed by atoms with Crippen LogP contribution in [0.15, 0.2) is 48.5 Å². The second-order valence-electron chi connectivity index (χ2n) is 11.0. The van der Waals surface area contributed by atoms with Crippen LogP contribution in [0.3, 0.4) is 0 Å². The Morgan fingerprint density at radius 3 is 2.42 bits per heavy atom. The second kappa shape index (κ2) is 12.8. The number of aliphatic hydroxyl groups excluding tert-OH is 1. The van der Waals surface area contributed by atoms with Crippen LogP contribution in [0.4, 0.5) is 8.78 Å². The summed E-state index contributed by atoms with van der Waals surface area (Å²) in [5.41, 5.74) is 1.42. The fourth-order valence-electron chi connectivity index (χ4n) is 5.83. The van der Waals surface area contributed by atoms with Gasteiger partial charge in [-0.3, -0.25) is 9.59 Å². The Labute approximate surface area is 223 Å². The molecule has 2 amide bonds. The quantitative estimate of drug-likeness (QED) is 0.417. The maximum absolute atomic E-state index is 13.9. The van der Waals surface area contributed by atoms with Crippen molar-refractivity contribution < 1.29 is 23.5 Å². The van der Waals surface area contributed by atoms with Gasteiger partial charge in [-0.1, -0.05) is 44.2 Å². The molecule has 2 aliphatic rings. The van der Waals surface area contributed by atoms with Crippen LogP contribution < -0.4 is 10.6 Å². The molecule has 6 nitrogen and oxygen atoms in total. The van der Waals surface area contributed by atoms with E-state index in [9.17, 15) is 23.5 Å². The minimum Gasteiger partial charge on any atom is -0.389 e. The summed E-state index contributed by atoms with van der Waals surface area (Å²) < 4.78 is 27.9. The van der Waals surface area contributed by atoms with Crippen LogP contribution in [0.1, 0.15) is 50.7 Å². The minimum atomic E-state index is -0.958. The first-order chi connectivity index (χ1) is 18.2. The highest BCUT2D eigenvalue weighted by Gasteiger charge is 2.41. The number of nitrogens with one attached hydrogen (secondary N) is 2. The van der Waals surface area contributed by atoms with Crippen molar-refractivity contribution in [3.63, 3.8) is 0 Å². The zero-order valence-electron chi connectivity index (χ0n) is 22.2. The number of carbonyl (C=O) groups excluding carboxylic acids is 2. The molecule has 0 bridgehead atoms. The van der Waals surface area contributed by atoms with Crippen molar-refractivity contribution >= 4 is 11.8 Å². The fraction of sp³-hybridized carbons (Fsp3) is 0.533. The van der Waals surface area contributed by atoms with E-state index < -0.39 is 29.8 Å². The van der Waals surface area contributed by atoms with Crippen LogP contribution in [0.5, 0.6) is 0 Å². The Hall–Kier alpha value is -2.84. The van der Waals surface area contributed by atoms with Gasteiger partial charge < -0.3 is 20.6 Å². The van der Waals surface area contributed by atoms with Gasteiger partial charge in [-0.25, -0.2) is 8.78 Å². The Kier molecular flexibility index (Phi) is 9.49. The molecular formula is C30H39F2N3O3. The highest BCUT2D eigenvalue weighted by atomic mass is 19.1. The zero-order valence-corrected chi connectivity index (χ0v) is 22.2. The van der Waals surface area contributed by atoms with Crippen LogP contribution in [-0.4, -0.2) is 59.1 Å². The average molecular weight is 528 g/mol. The molecule has 0 spiro atoms. The molecule has 2 saturated heterocycles. The summed E-state index contributed by atoms with van der Waals surface area (Å²) in [5, 5.41) is 17.5. The lowest BCUT2D eigenvalue weighted by Crippen LogP contribution is -2.57. The van der Waals surface area contributed by atoms with E-state index in [-0.39, 0.29) is 36.1 Å². The monoisotopic (exact) mass is 527 g/mol. The molecule has 0 saturated carbocycles. The molecular weight excluding hydrogens is 488 g/mol. The van der Waals surface area contributed by atoms with Gasteiger partial charge in [0.25, 0.3) is 0 Å². The van der Waals surface area contributed by atoms with Crippen LogP contribution >= 0.6 is 0 Å². The number of carbonyl (C=O) groups is 2. The van der Waals surface area contributed by atoms with Crippen molar-refractivity contribution in [1.29, 1.82) is 0 Å². The van der Waals surface area contributed by atoms with E-state index in [1.165, 1.54) is 12.1 Å². The smallest absolute Gasteiger partial charge is 0.243 e. The van der Waals surface area contributed by atoms with Gasteiger partial charge in [-0.05, 0) is 74.2 Å². The molecule has 0 aromatic heterocycles. The number of hydrogen-bond acceptors (Lipinski definition) is 4. The molecule has 2 heterocycles. The molecule has 2 aromatic rings. The first-order valence-electron chi connectivity index (χ1n) is 13.7. The van der Waals surface area contributed by atoms with Crippen molar-refractivity contribution in [2.45, 2.75) is 76.6 Å². The number of halogens is 2. The summed E-state index contributed by atoms with van der Waals surface area (Å²) in [7, 11) is 0. The number of aliphatic hydroxyl groups is 1. The summed E-state index contributed by atoms with van der Waals surface area (Å²) in [4.78, 5) is 28.8. The Balaban J connectivity index is 1.57. The molecule has 2 fully saturated rings. The molecule has 38 heavy (non-hydrogen) atoms. The summed E-state index contributed by atoms with van der Waals surface area (Å²) in [5.74, 6) is -1.73. The lowest BCUT2D eigenvalue weighted by Gasteiger charge is -2.33. The van der Waals surface area contributed by atoms with Gasteiger partial charge in [0.15, 0.2) is 0 Å². The molecule has 5 atom stereocenters. The van der Waals surface area contributed by atoms with Crippen LogP contribution in [0, 0.1) is 23.5 Å². The van der Waals surface area contributed by atoms with Gasteiger partial charge in [-0.2, -0.15) is 0 Å². The van der Waals surface area contributed by atoms with E-state index in [1.54, 1.807) is 4.90 Å². The summed E-state index contributed by atoms with van der Waals surface area (Å²) in [6.07, 6.45) is 2.49. The van der Waals surface area contributed by atoms with Crippen molar-refractivity contribution in [1.82, 2.24) is 15.5 Å². The van der Waals surface area contributed by atoms with Crippen LogP contribution in [0.2, 0.25) is 0 Å². The van der Waals surface area contributed by atoms with Gasteiger partial charge in [0.1, 0.15) is 17.7 Å². The molecule has 4 rings (SSSR count). The van der Waals surface area contributed by atoms with E-state index in [4.69, 9.17) is 0 Å². The summed E-state index contributed by atoms with van der Waals surface area (Å²) in [6.45, 7) is 5.30. The maximum atomic E-state index is 13.9. The Morgan fingerprint density at radius 2 is 1.82 bits per heavy atom. The maximum Gasteiger partial charge on any atom is 0.243 e. The molecule has 0 radical (unpaired) electrons. The lowest BCUT2D eigenvalue weighted by atomic mass is 9.94. The van der Waals surface area contributed by atoms with Gasteiger partial charge in [0.2, 0.25) is 11.8 Å². The first kappa shape index (κ1) is 28.2. The Morgan fingerprint density at radius 1 is 1.11 bits per heavy atom. The van der Waals surface area contributed by atoms with Crippen LogP contribution in [-0.2, 0) is 22.4 Å². The third-order valence-corrected chi connectivity index (χ3v) is 7.94. The number of hydrogen-bond donors (Lipinski definition) is 3. The molecule has 8 heteroatoms. The molecule has 0 aliphatic carbocycles. The van der Waals surface area contributed by atoms with E-state index >= 15 is 0 Å². The Bertz CT molecular complexity index is 1070. The summed E-state index contributed by atoms with van der Waals surface area (Å²) >= 11 is 0. The van der Waals surface area contributed by atoms with Gasteiger partial charge in [0, 0.05) is 24.6 Å². The number of benzene rings is 2. The molecule has 1 unspecified atom stereocenters. The van der Waals surface area contributed by atoms with E-state index in [0.29, 0.717) is 31.4 Å². The highest BCUT2D eigenvalue weighted by molar-refractivity contribution is 5.90. The lowest BCUT2D eigenvalue weighted by molar-refractivity contribution is -0.141. The van der Waals surface area contributed by atoms with Crippen LogP contribution in [0.25, 0.3) is 0 Å². The van der Waals surface area contributed by atoms with Crippen molar-refractivity contribution in [2.24, 2.45) is 11.8 Å². The predicted molar refractivity (Wildman–Crippen MR) is 142 cm³/mol. The number of amides is 2. The highest BCUT2D eigenvalue weighted by Crippen LogP contribution is 2.28. The van der Waals surface area contributed by atoms with E-state index in [0.717, 1.165) is 31.0 Å². The van der Waals surface area contributed by atoms with Gasteiger partial charge in [-0.15, -0.1) is 0 Å². The van der Waals surface area contributed by atoms with Gasteiger partial charge in [0.05, 0.1) is 12.1 Å². The molecule has 206 valence electrons. The zero-order chi connectivity index (χ0) is 27.2. The standard InChI is InChI=1S/C30H39F2N3O3/c1-19(2)24-12-14-35(30(24)38)27(11-10-20-7-4-3-5-8-20)29(37)34-26(28(36)25-9-6-13-33-25)17-21-15-22(31)18-23(32)16-21/h3-5,7-8,15-16,18-19,24-28,33,36H,6,9-14,17H2,1-2H3,(H,34,37)/t24-,25-,26+,27?,28-/m1/s1. The summed E-state index contributed by atoms with van der Waals surface area (Å²) in [6, 6.07) is 11.3. The van der Waals surface area contributed by atoms with E-state index in [2.05, 4.69) is 10.6 Å². The number of likely N-dealkylation sites (tertiary alicyclic amines) is 1. The largest absolute Gasteiger partial charge is 0.389 e. The molecule has 3 N–H and O–H groups in total. The number of aryl methyl sites for hydroxylation is 1. The van der Waals surface area contributed by atoms with Gasteiger partial charge >= 0.3 is 0 Å². The number of rotatable bonds is 11. The predicted octanol–water partition coefficient (Wildman–Crippen LogP) is 3.61. The third kappa shape index (κ3) is 6.97. The van der Waals surface area contributed by atoms with Crippen molar-refractivity contribution in [3.05, 3.63) is 71.3 Å². The SMILES string of the molecule is CC(C)[C@H]1CCN(C(CCc2ccccc2)C(=O)N[C@@H](Cc2cc(F)cc(F)c2)[C@H](O)[C@H]2CCCN2)C1=O. The van der Waals surface area contributed by atoms with E-state index in [1.807, 2.05) is 44.2 Å². The third-order valence-electron chi connectivity index (χ3n) is 7.94. The fourth-order valence-corrected chi connectivity index (χ4v) is 5.83. The molecule has 2 aliphatic heterocycles. The minimum absolute atomic E-state index is 0.0185. The molecule has 2 aromatic carbocycles. The van der Waals surface area contributed by atoms with Crippen molar-refractivity contribution in [2.75, 3.05) is 13.1 Å². The van der Waals surface area contributed by atoms with Crippen molar-refractivity contribution in [3.8, 4) is 0 Å². The first-order valence-corrected chi connectivity index (χ1v) is 13.7. The topological polar surface area (TPSA) is 81.7 Å². The number of nitrogens with zero attached hydrogens (tertiary/aromatic N) is 1. The normalized spacial score (nSPS) is 22.1. The second-order valence-corrected chi connectivity index (χ2v) is 11.0.